The number of piperidine rings is 1. The number of amides is 2. The summed E-state index contributed by atoms with van der Waals surface area (Å²) in [6.45, 7) is 6.69. The summed E-state index contributed by atoms with van der Waals surface area (Å²) in [5, 5.41) is 15.5. The molecule has 8 heteroatoms. The second kappa shape index (κ2) is 7.67. The van der Waals surface area contributed by atoms with Gasteiger partial charge in [0.1, 0.15) is 12.2 Å². The molecule has 1 N–H and O–H groups in total. The van der Waals surface area contributed by atoms with Crippen molar-refractivity contribution in [3.05, 3.63) is 24.4 Å². The minimum absolute atomic E-state index is 0.0782. The van der Waals surface area contributed by atoms with Gasteiger partial charge in [-0.05, 0) is 25.2 Å². The molecular formula is C17H27N7O. The van der Waals surface area contributed by atoms with E-state index in [1.807, 2.05) is 33.5 Å². The first kappa shape index (κ1) is 17.4. The molecule has 2 amide bonds. The van der Waals surface area contributed by atoms with Gasteiger partial charge in [0.2, 0.25) is 0 Å². The molecule has 3 heterocycles. The van der Waals surface area contributed by atoms with Gasteiger partial charge in [0, 0.05) is 44.9 Å². The zero-order valence-corrected chi connectivity index (χ0v) is 15.2. The van der Waals surface area contributed by atoms with Crippen LogP contribution in [0.3, 0.4) is 0 Å². The minimum atomic E-state index is -0.0782. The number of likely N-dealkylation sites (tertiary alicyclic amines) is 1. The fraction of sp³-hybridized carbons (Fsp3) is 0.647. The van der Waals surface area contributed by atoms with Crippen LogP contribution < -0.4 is 5.32 Å². The van der Waals surface area contributed by atoms with Crippen molar-refractivity contribution in [3.63, 3.8) is 0 Å². The van der Waals surface area contributed by atoms with Crippen molar-refractivity contribution >= 4 is 11.8 Å². The topological polar surface area (TPSA) is 80.9 Å². The highest BCUT2D eigenvalue weighted by Gasteiger charge is 2.26. The number of rotatable bonds is 5. The Morgan fingerprint density at radius 3 is 2.76 bits per heavy atom. The molecule has 0 radical (unpaired) electrons. The van der Waals surface area contributed by atoms with Crippen molar-refractivity contribution < 1.29 is 4.79 Å². The number of aromatic nitrogens is 5. The first-order valence-electron chi connectivity index (χ1n) is 8.96. The molecule has 0 saturated carbocycles. The van der Waals surface area contributed by atoms with E-state index in [4.69, 9.17) is 0 Å². The zero-order valence-electron chi connectivity index (χ0n) is 15.2. The maximum atomic E-state index is 12.4. The zero-order chi connectivity index (χ0) is 17.8. The summed E-state index contributed by atoms with van der Waals surface area (Å²) >= 11 is 0. The summed E-state index contributed by atoms with van der Waals surface area (Å²) in [6, 6.07) is 1.77. The molecule has 8 nitrogen and oxygen atoms in total. The highest BCUT2D eigenvalue weighted by Crippen LogP contribution is 2.26. The number of nitrogens with one attached hydrogen (secondary N) is 1. The summed E-state index contributed by atoms with van der Waals surface area (Å²) in [5.74, 6) is 2.62. The quantitative estimate of drug-likeness (QED) is 0.902. The van der Waals surface area contributed by atoms with E-state index in [0.29, 0.717) is 17.7 Å². The molecular weight excluding hydrogens is 318 g/mol. The van der Waals surface area contributed by atoms with Gasteiger partial charge >= 0.3 is 6.03 Å². The molecule has 136 valence electrons. The van der Waals surface area contributed by atoms with Crippen LogP contribution in [0.15, 0.2) is 18.6 Å². The number of hydrogen-bond acceptors (Lipinski definition) is 4. The predicted octanol–water partition coefficient (Wildman–Crippen LogP) is 2.47. The van der Waals surface area contributed by atoms with E-state index in [0.717, 1.165) is 44.7 Å². The van der Waals surface area contributed by atoms with Gasteiger partial charge in [0.05, 0.1) is 0 Å². The number of hydrogen-bond donors (Lipinski definition) is 1. The molecule has 0 atom stereocenters. The van der Waals surface area contributed by atoms with Crippen LogP contribution in [0, 0.1) is 5.92 Å². The fourth-order valence-electron chi connectivity index (χ4n) is 3.13. The molecule has 1 aliphatic rings. The van der Waals surface area contributed by atoms with Crippen LogP contribution in [0.25, 0.3) is 0 Å². The minimum Gasteiger partial charge on any atom is -0.324 e. The monoisotopic (exact) mass is 345 g/mol. The lowest BCUT2D eigenvalue weighted by atomic mass is 9.96. The van der Waals surface area contributed by atoms with E-state index in [-0.39, 0.29) is 6.03 Å². The highest BCUT2D eigenvalue weighted by atomic mass is 16.2. The van der Waals surface area contributed by atoms with E-state index in [1.165, 1.54) is 0 Å². The van der Waals surface area contributed by atoms with Crippen LogP contribution in [-0.4, -0.2) is 48.6 Å². The normalized spacial score (nSPS) is 15.8. The predicted molar refractivity (Wildman–Crippen MR) is 95.3 cm³/mol. The van der Waals surface area contributed by atoms with Crippen LogP contribution >= 0.6 is 0 Å². The summed E-state index contributed by atoms with van der Waals surface area (Å²) in [4.78, 5) is 14.3. The van der Waals surface area contributed by atoms with Gasteiger partial charge in [-0.2, -0.15) is 5.10 Å². The smallest absolute Gasteiger partial charge is 0.323 e. The maximum absolute atomic E-state index is 12.4. The van der Waals surface area contributed by atoms with Crippen molar-refractivity contribution in [2.24, 2.45) is 13.0 Å². The van der Waals surface area contributed by atoms with Gasteiger partial charge in [0.15, 0.2) is 5.82 Å². The molecule has 0 aliphatic carbocycles. The Morgan fingerprint density at radius 2 is 2.12 bits per heavy atom. The van der Waals surface area contributed by atoms with Crippen LogP contribution in [0.1, 0.15) is 44.9 Å². The van der Waals surface area contributed by atoms with Gasteiger partial charge in [-0.1, -0.05) is 13.8 Å². The van der Waals surface area contributed by atoms with E-state index in [2.05, 4.69) is 34.5 Å². The van der Waals surface area contributed by atoms with Crippen molar-refractivity contribution in [3.8, 4) is 0 Å². The Labute approximate surface area is 148 Å². The second-order valence-corrected chi connectivity index (χ2v) is 7.14. The van der Waals surface area contributed by atoms with Gasteiger partial charge in [-0.25, -0.2) is 4.79 Å². The summed E-state index contributed by atoms with van der Waals surface area (Å²) in [5.41, 5.74) is 0. The Morgan fingerprint density at radius 1 is 1.36 bits per heavy atom. The SMILES string of the molecule is CC(C)CCn1ccc(NC(=O)N2CCC(c3nncn3C)CC2)n1. The summed E-state index contributed by atoms with van der Waals surface area (Å²) in [7, 11) is 1.96. The molecule has 1 saturated heterocycles. The number of nitrogens with zero attached hydrogens (tertiary/aromatic N) is 6. The van der Waals surface area contributed by atoms with Crippen LogP contribution in [0.2, 0.25) is 0 Å². The molecule has 0 bridgehead atoms. The van der Waals surface area contributed by atoms with Crippen LogP contribution in [-0.2, 0) is 13.6 Å². The number of anilines is 1. The molecule has 1 aliphatic heterocycles. The molecule has 0 unspecified atom stereocenters. The van der Waals surface area contributed by atoms with E-state index in [1.54, 1.807) is 6.33 Å². The Balaban J connectivity index is 1.49. The molecule has 1 fully saturated rings. The van der Waals surface area contributed by atoms with Crippen molar-refractivity contribution in [2.45, 2.75) is 45.6 Å². The van der Waals surface area contributed by atoms with Gasteiger partial charge < -0.3 is 9.47 Å². The van der Waals surface area contributed by atoms with E-state index < -0.39 is 0 Å². The summed E-state index contributed by atoms with van der Waals surface area (Å²) < 4.78 is 3.85. The van der Waals surface area contributed by atoms with Gasteiger partial charge in [-0.3, -0.25) is 10.00 Å². The molecule has 0 aromatic carbocycles. The number of urea groups is 1. The molecule has 2 aromatic rings. The number of aryl methyl sites for hydroxylation is 2. The lowest BCUT2D eigenvalue weighted by Crippen LogP contribution is -2.41. The average molecular weight is 345 g/mol. The molecule has 2 aromatic heterocycles. The number of carbonyl (C=O) groups excluding carboxylic acids is 1. The van der Waals surface area contributed by atoms with Crippen molar-refractivity contribution in [2.75, 3.05) is 18.4 Å². The van der Waals surface area contributed by atoms with Crippen molar-refractivity contribution in [1.82, 2.24) is 29.4 Å². The standard InChI is InChI=1S/C17H27N7O/c1-13(2)4-10-24-11-7-15(21-24)19-17(25)23-8-5-14(6-9-23)16-20-18-12-22(16)3/h7,11-14H,4-6,8-10H2,1-3H3,(H,19,21,25). The fourth-order valence-corrected chi connectivity index (χ4v) is 3.13. The second-order valence-electron chi connectivity index (χ2n) is 7.14. The molecule has 0 spiro atoms. The van der Waals surface area contributed by atoms with E-state index in [9.17, 15) is 4.79 Å². The summed E-state index contributed by atoms with van der Waals surface area (Å²) in [6.07, 6.45) is 6.53. The van der Waals surface area contributed by atoms with Crippen LogP contribution in [0.4, 0.5) is 10.6 Å². The Kier molecular flexibility index (Phi) is 5.35. The molecule has 3 rings (SSSR count). The van der Waals surface area contributed by atoms with Gasteiger partial charge in [0.25, 0.3) is 0 Å². The Hall–Kier alpha value is -2.38. The first-order chi connectivity index (χ1) is 12.0. The lowest BCUT2D eigenvalue weighted by Gasteiger charge is -2.31. The Bertz CT molecular complexity index is 697. The number of carbonyl (C=O) groups is 1. The lowest BCUT2D eigenvalue weighted by molar-refractivity contribution is 0.193. The molecule has 25 heavy (non-hydrogen) atoms. The average Bonchev–Trinajstić information content (AvgIpc) is 3.22. The van der Waals surface area contributed by atoms with Crippen molar-refractivity contribution in [1.29, 1.82) is 0 Å². The third kappa shape index (κ3) is 4.37. The van der Waals surface area contributed by atoms with Gasteiger partial charge in [-0.15, -0.1) is 10.2 Å². The van der Waals surface area contributed by atoms with Crippen LogP contribution in [0.5, 0.6) is 0 Å². The first-order valence-corrected chi connectivity index (χ1v) is 8.96. The highest BCUT2D eigenvalue weighted by molar-refractivity contribution is 5.88. The largest absolute Gasteiger partial charge is 0.324 e. The third-order valence-electron chi connectivity index (χ3n) is 4.70. The van der Waals surface area contributed by atoms with E-state index >= 15 is 0 Å². The maximum Gasteiger partial charge on any atom is 0.323 e. The third-order valence-corrected chi connectivity index (χ3v) is 4.70.